The third-order valence-electron chi connectivity index (χ3n) is 7.27. The molecular formula is C25H36N4O4. The van der Waals surface area contributed by atoms with Crippen molar-refractivity contribution < 1.29 is 19.1 Å². The van der Waals surface area contributed by atoms with Crippen molar-refractivity contribution in [2.75, 3.05) is 51.3 Å². The monoisotopic (exact) mass is 456 g/mol. The van der Waals surface area contributed by atoms with Gasteiger partial charge in [0.15, 0.2) is 5.78 Å². The second kappa shape index (κ2) is 9.43. The number of carbonyl (C=O) groups excluding carboxylic acids is 3. The van der Waals surface area contributed by atoms with Crippen molar-refractivity contribution in [3.63, 3.8) is 0 Å². The van der Waals surface area contributed by atoms with Gasteiger partial charge in [0.05, 0.1) is 12.0 Å². The van der Waals surface area contributed by atoms with Crippen LogP contribution in [0.3, 0.4) is 0 Å². The Labute approximate surface area is 196 Å². The summed E-state index contributed by atoms with van der Waals surface area (Å²) in [6.07, 6.45) is 0.330. The zero-order valence-electron chi connectivity index (χ0n) is 20.1. The van der Waals surface area contributed by atoms with Gasteiger partial charge in [-0.05, 0) is 43.1 Å². The number of benzene rings is 1. The summed E-state index contributed by atoms with van der Waals surface area (Å²) in [6.45, 7) is 10.4. The Morgan fingerprint density at radius 2 is 1.88 bits per heavy atom. The maximum atomic E-state index is 14.0. The van der Waals surface area contributed by atoms with E-state index in [2.05, 4.69) is 30.7 Å². The zero-order chi connectivity index (χ0) is 23.9. The van der Waals surface area contributed by atoms with Gasteiger partial charge in [-0.3, -0.25) is 14.4 Å². The Hall–Kier alpha value is -2.45. The molecule has 0 spiro atoms. The van der Waals surface area contributed by atoms with Gasteiger partial charge in [0.2, 0.25) is 11.8 Å². The highest BCUT2D eigenvalue weighted by molar-refractivity contribution is 5.99. The fraction of sp³-hybridized carbons (Fsp3) is 0.640. The smallest absolute Gasteiger partial charge is 0.249 e. The molecule has 1 aromatic carbocycles. The number of likely N-dealkylation sites (N-methyl/N-ethyl adjacent to an activating group) is 1. The number of carbonyl (C=O) groups is 3. The first-order chi connectivity index (χ1) is 15.7. The molecule has 1 aromatic rings. The summed E-state index contributed by atoms with van der Waals surface area (Å²) >= 11 is 0. The molecule has 180 valence electrons. The number of anilines is 1. The molecule has 0 unspecified atom stereocenters. The first-order valence-corrected chi connectivity index (χ1v) is 12.0. The number of hydrogen-bond donors (Lipinski definition) is 1. The molecule has 2 amide bonds. The lowest BCUT2D eigenvalue weighted by Crippen LogP contribution is -2.45. The molecule has 3 aliphatic heterocycles. The SMILES string of the molecule is CC(C)C[C@H](C(=O)N1C[C@H](C)[C@H]2OCC(=O)[C@H]21)c1cc(N2CCN(C)CC2)ccc1C(N)=O. The predicted molar refractivity (Wildman–Crippen MR) is 126 cm³/mol. The molecule has 4 rings (SSSR count). The van der Waals surface area contributed by atoms with Crippen LogP contribution >= 0.6 is 0 Å². The highest BCUT2D eigenvalue weighted by Crippen LogP contribution is 2.37. The predicted octanol–water partition coefficient (Wildman–Crippen LogP) is 1.48. The van der Waals surface area contributed by atoms with Gasteiger partial charge in [0, 0.05) is 49.9 Å². The van der Waals surface area contributed by atoms with Gasteiger partial charge >= 0.3 is 0 Å². The van der Waals surface area contributed by atoms with Gasteiger partial charge in [-0.25, -0.2) is 0 Å². The first kappa shape index (κ1) is 23.7. The Bertz CT molecular complexity index is 925. The van der Waals surface area contributed by atoms with Crippen LogP contribution in [0.2, 0.25) is 0 Å². The van der Waals surface area contributed by atoms with Crippen molar-refractivity contribution in [2.45, 2.75) is 45.3 Å². The van der Waals surface area contributed by atoms with Crippen LogP contribution in [-0.2, 0) is 14.3 Å². The Kier molecular flexibility index (Phi) is 6.77. The second-order valence-corrected chi connectivity index (χ2v) is 10.3. The van der Waals surface area contributed by atoms with E-state index in [0.717, 1.165) is 31.9 Å². The molecule has 0 bridgehead atoms. The zero-order valence-corrected chi connectivity index (χ0v) is 20.1. The molecule has 8 nitrogen and oxygen atoms in total. The molecule has 3 heterocycles. The van der Waals surface area contributed by atoms with E-state index in [1.54, 1.807) is 11.0 Å². The second-order valence-electron chi connectivity index (χ2n) is 10.3. The molecule has 0 aromatic heterocycles. The Balaban J connectivity index is 1.71. The molecule has 4 atom stereocenters. The number of hydrogen-bond acceptors (Lipinski definition) is 6. The summed E-state index contributed by atoms with van der Waals surface area (Å²) in [5.41, 5.74) is 7.80. The van der Waals surface area contributed by atoms with Crippen molar-refractivity contribution in [3.05, 3.63) is 29.3 Å². The van der Waals surface area contributed by atoms with Crippen LogP contribution in [0.15, 0.2) is 18.2 Å². The number of ketones is 1. The van der Waals surface area contributed by atoms with Crippen LogP contribution in [0, 0.1) is 11.8 Å². The quantitative estimate of drug-likeness (QED) is 0.697. The van der Waals surface area contributed by atoms with Gasteiger partial charge in [0.25, 0.3) is 0 Å². The molecule has 33 heavy (non-hydrogen) atoms. The highest BCUT2D eigenvalue weighted by Gasteiger charge is 2.51. The van der Waals surface area contributed by atoms with Crippen molar-refractivity contribution >= 4 is 23.3 Å². The third-order valence-corrected chi connectivity index (χ3v) is 7.27. The van der Waals surface area contributed by atoms with E-state index in [-0.39, 0.29) is 36.2 Å². The molecule has 2 N–H and O–H groups in total. The topological polar surface area (TPSA) is 96.2 Å². The van der Waals surface area contributed by atoms with Crippen molar-refractivity contribution in [1.82, 2.24) is 9.80 Å². The van der Waals surface area contributed by atoms with Gasteiger partial charge in [-0.1, -0.05) is 20.8 Å². The van der Waals surface area contributed by atoms with Crippen LogP contribution < -0.4 is 10.6 Å². The number of nitrogens with two attached hydrogens (primary N) is 1. The average molecular weight is 457 g/mol. The van der Waals surface area contributed by atoms with Crippen molar-refractivity contribution in [2.24, 2.45) is 17.6 Å². The van der Waals surface area contributed by atoms with E-state index in [9.17, 15) is 14.4 Å². The minimum atomic E-state index is -0.542. The number of amides is 2. The number of nitrogens with zero attached hydrogens (tertiary/aromatic N) is 3. The van der Waals surface area contributed by atoms with Gasteiger partial charge < -0.3 is 25.2 Å². The summed E-state index contributed by atoms with van der Waals surface area (Å²) in [7, 11) is 2.11. The highest BCUT2D eigenvalue weighted by atomic mass is 16.5. The number of fused-ring (bicyclic) bond motifs is 1. The molecule has 3 fully saturated rings. The van der Waals surface area contributed by atoms with Crippen LogP contribution in [0.4, 0.5) is 5.69 Å². The molecular weight excluding hydrogens is 420 g/mol. The van der Waals surface area contributed by atoms with Gasteiger partial charge in [0.1, 0.15) is 12.6 Å². The largest absolute Gasteiger partial charge is 0.369 e. The summed E-state index contributed by atoms with van der Waals surface area (Å²) in [5.74, 6) is -0.915. The summed E-state index contributed by atoms with van der Waals surface area (Å²) in [4.78, 5) is 45.2. The van der Waals surface area contributed by atoms with Crippen LogP contribution in [0.1, 0.15) is 49.0 Å². The Morgan fingerprint density at radius 3 is 2.52 bits per heavy atom. The van der Waals surface area contributed by atoms with Crippen LogP contribution in [0.5, 0.6) is 0 Å². The number of ether oxygens (including phenoxy) is 1. The summed E-state index contributed by atoms with van der Waals surface area (Å²) < 4.78 is 5.69. The molecule has 3 aliphatic rings. The average Bonchev–Trinajstić information content (AvgIpc) is 3.32. The molecule has 3 saturated heterocycles. The fourth-order valence-electron chi connectivity index (χ4n) is 5.48. The maximum absolute atomic E-state index is 14.0. The number of piperazine rings is 1. The van der Waals surface area contributed by atoms with Crippen molar-refractivity contribution in [3.8, 4) is 0 Å². The van der Waals surface area contributed by atoms with E-state index in [1.165, 1.54) is 0 Å². The van der Waals surface area contributed by atoms with E-state index >= 15 is 0 Å². The lowest BCUT2D eigenvalue weighted by atomic mass is 9.85. The molecule has 0 radical (unpaired) electrons. The first-order valence-electron chi connectivity index (χ1n) is 12.0. The number of Topliss-reactive ketones (excluding diaryl/α,β-unsaturated/α-hetero) is 1. The summed E-state index contributed by atoms with van der Waals surface area (Å²) in [5, 5.41) is 0. The minimum absolute atomic E-state index is 0.0395. The van der Waals surface area contributed by atoms with Crippen molar-refractivity contribution in [1.29, 1.82) is 0 Å². The Morgan fingerprint density at radius 1 is 1.18 bits per heavy atom. The lowest BCUT2D eigenvalue weighted by Gasteiger charge is -2.35. The number of likely N-dealkylation sites (tertiary alicyclic amines) is 1. The third kappa shape index (κ3) is 4.64. The summed E-state index contributed by atoms with van der Waals surface area (Å²) in [6, 6.07) is 5.12. The fourth-order valence-corrected chi connectivity index (χ4v) is 5.48. The van der Waals surface area contributed by atoms with Crippen LogP contribution in [-0.4, -0.2) is 85.9 Å². The minimum Gasteiger partial charge on any atom is -0.369 e. The van der Waals surface area contributed by atoms with Crippen LogP contribution in [0.25, 0.3) is 0 Å². The van der Waals surface area contributed by atoms with Gasteiger partial charge in [-0.15, -0.1) is 0 Å². The van der Waals surface area contributed by atoms with E-state index in [0.29, 0.717) is 24.1 Å². The normalized spacial score (nSPS) is 26.7. The van der Waals surface area contributed by atoms with E-state index in [1.807, 2.05) is 19.1 Å². The lowest BCUT2D eigenvalue weighted by molar-refractivity contribution is -0.138. The number of rotatable bonds is 6. The standard InChI is InChI=1S/C25H36N4O4/c1-15(2)11-20(25(32)29-13-16(3)23-22(29)21(30)14-33-23)19-12-17(5-6-18(19)24(26)31)28-9-7-27(4)8-10-28/h5-6,12,15-16,20,22-23H,7-11,13-14H2,1-4H3,(H2,26,31)/t16-,20-,22+,23+/m0/s1. The van der Waals surface area contributed by atoms with Gasteiger partial charge in [-0.2, -0.15) is 0 Å². The number of primary amides is 1. The van der Waals surface area contributed by atoms with E-state index < -0.39 is 17.9 Å². The molecule has 0 saturated carbocycles. The maximum Gasteiger partial charge on any atom is 0.249 e. The molecule has 0 aliphatic carbocycles. The van der Waals surface area contributed by atoms with E-state index in [4.69, 9.17) is 10.5 Å². The molecule has 8 heteroatoms.